The van der Waals surface area contributed by atoms with Gasteiger partial charge in [0.15, 0.2) is 40.4 Å². The molecule has 0 saturated heterocycles. The molecule has 3 N–H and O–H groups in total. The zero-order chi connectivity index (χ0) is 43.5. The van der Waals surface area contributed by atoms with E-state index in [2.05, 4.69) is 0 Å². The minimum absolute atomic E-state index is 0.00610. The Hall–Kier alpha value is -4.25. The summed E-state index contributed by atoms with van der Waals surface area (Å²) in [5, 5.41) is 33.5. The van der Waals surface area contributed by atoms with E-state index >= 15 is 0 Å². The van der Waals surface area contributed by atoms with Crippen LogP contribution in [0.4, 0.5) is 0 Å². The van der Waals surface area contributed by atoms with Crippen molar-refractivity contribution in [2.75, 3.05) is 18.8 Å². The van der Waals surface area contributed by atoms with Crippen LogP contribution in [0.5, 0.6) is 0 Å². The standard InChI is InChI=1S/C46H44O9S5/c1-26-19-27(2)42(28(3)20-26)43(47)35-24-40-37(22-33(35)29-13-9-7-10-14-29)44(58(4,50)51)32-18-17-31(21-39(32)57-40)56-41-25-36(45(48)59(5,52)53)34(30-15-11-8-12-16-30)23-38(41)46(49)60(6,54)55/h7-25,43-49H,1-6H3. The van der Waals surface area contributed by atoms with Gasteiger partial charge < -0.3 is 15.3 Å². The minimum Gasteiger partial charge on any atom is -0.384 e. The number of aliphatic hydroxyl groups excluding tert-OH is 3. The van der Waals surface area contributed by atoms with Gasteiger partial charge in [0.2, 0.25) is 0 Å². The number of sulfone groups is 3. The van der Waals surface area contributed by atoms with Gasteiger partial charge in [0, 0.05) is 49.5 Å². The highest BCUT2D eigenvalue weighted by atomic mass is 32.2. The number of aliphatic hydroxyl groups is 3. The van der Waals surface area contributed by atoms with Crippen molar-refractivity contribution in [1.82, 2.24) is 0 Å². The molecule has 4 atom stereocenters. The zero-order valence-corrected chi connectivity index (χ0v) is 37.7. The van der Waals surface area contributed by atoms with Gasteiger partial charge in [0.05, 0.1) is 0 Å². The number of benzene rings is 6. The molecule has 60 heavy (non-hydrogen) atoms. The van der Waals surface area contributed by atoms with E-state index in [1.54, 1.807) is 48.5 Å². The van der Waals surface area contributed by atoms with Gasteiger partial charge in [0.1, 0.15) is 11.4 Å². The second-order valence-corrected chi connectivity index (χ2v) is 23.9. The highest BCUT2D eigenvalue weighted by Gasteiger charge is 2.36. The third-order valence-corrected chi connectivity index (χ3v) is 16.3. The fourth-order valence-electron chi connectivity index (χ4n) is 7.96. The van der Waals surface area contributed by atoms with Crippen LogP contribution in [0.25, 0.3) is 22.3 Å². The van der Waals surface area contributed by atoms with Crippen LogP contribution in [0, 0.1) is 20.8 Å². The monoisotopic (exact) mass is 900 g/mol. The largest absolute Gasteiger partial charge is 0.384 e. The van der Waals surface area contributed by atoms with Crippen molar-refractivity contribution in [3.8, 4) is 22.3 Å². The summed E-state index contributed by atoms with van der Waals surface area (Å²) in [5.74, 6) is 0. The summed E-state index contributed by atoms with van der Waals surface area (Å²) in [6.45, 7) is 5.93. The first-order valence-electron chi connectivity index (χ1n) is 18.8. The Balaban J connectivity index is 1.40. The normalized spacial score (nSPS) is 15.8. The minimum atomic E-state index is -4.10. The van der Waals surface area contributed by atoms with Gasteiger partial charge in [-0.25, -0.2) is 25.3 Å². The highest BCUT2D eigenvalue weighted by Crippen LogP contribution is 2.52. The van der Waals surface area contributed by atoms with Crippen molar-refractivity contribution in [1.29, 1.82) is 0 Å². The van der Waals surface area contributed by atoms with Crippen molar-refractivity contribution in [3.05, 3.63) is 165 Å². The Morgan fingerprint density at radius 3 is 1.62 bits per heavy atom. The van der Waals surface area contributed by atoms with Crippen molar-refractivity contribution < 1.29 is 40.6 Å². The van der Waals surface area contributed by atoms with Crippen LogP contribution in [0.3, 0.4) is 0 Å². The molecule has 7 rings (SSSR count). The molecule has 14 heteroatoms. The molecule has 312 valence electrons. The maximum atomic E-state index is 13.8. The topological polar surface area (TPSA) is 163 Å². The number of hydrogen-bond donors (Lipinski definition) is 3. The molecule has 0 radical (unpaired) electrons. The van der Waals surface area contributed by atoms with E-state index in [9.17, 15) is 40.6 Å². The van der Waals surface area contributed by atoms with Crippen LogP contribution in [-0.2, 0) is 29.5 Å². The average Bonchev–Trinajstić information content (AvgIpc) is 3.17. The Kier molecular flexibility index (Phi) is 12.1. The highest BCUT2D eigenvalue weighted by molar-refractivity contribution is 8.00. The molecule has 0 amide bonds. The molecule has 1 heterocycles. The van der Waals surface area contributed by atoms with Crippen molar-refractivity contribution >= 4 is 53.0 Å². The summed E-state index contributed by atoms with van der Waals surface area (Å²) >= 11 is 2.38. The molecule has 0 saturated carbocycles. The molecule has 1 aliphatic rings. The van der Waals surface area contributed by atoms with Crippen LogP contribution >= 0.6 is 23.5 Å². The van der Waals surface area contributed by atoms with E-state index < -0.39 is 51.7 Å². The van der Waals surface area contributed by atoms with Gasteiger partial charge in [-0.2, -0.15) is 0 Å². The molecule has 6 aromatic rings. The molecule has 0 aromatic heterocycles. The van der Waals surface area contributed by atoms with Gasteiger partial charge in [0.25, 0.3) is 0 Å². The van der Waals surface area contributed by atoms with E-state index in [1.165, 1.54) is 30.2 Å². The van der Waals surface area contributed by atoms with E-state index in [4.69, 9.17) is 0 Å². The van der Waals surface area contributed by atoms with E-state index in [-0.39, 0.29) is 21.6 Å². The van der Waals surface area contributed by atoms with E-state index in [1.807, 2.05) is 75.4 Å². The third kappa shape index (κ3) is 8.75. The Morgan fingerprint density at radius 2 is 1.08 bits per heavy atom. The van der Waals surface area contributed by atoms with Crippen LogP contribution in [0.1, 0.15) is 72.3 Å². The molecule has 9 nitrogen and oxygen atoms in total. The maximum absolute atomic E-state index is 13.8. The molecule has 0 fully saturated rings. The molecular formula is C46H44O9S5. The van der Waals surface area contributed by atoms with Crippen molar-refractivity contribution in [3.63, 3.8) is 0 Å². The number of hydrogen-bond acceptors (Lipinski definition) is 11. The van der Waals surface area contributed by atoms with Crippen LogP contribution < -0.4 is 0 Å². The van der Waals surface area contributed by atoms with Gasteiger partial charge in [-0.05, 0) is 113 Å². The summed E-state index contributed by atoms with van der Waals surface area (Å²) < 4.78 is 78.9. The van der Waals surface area contributed by atoms with Crippen LogP contribution in [0.15, 0.2) is 135 Å². The first kappa shape index (κ1) is 43.8. The van der Waals surface area contributed by atoms with Crippen LogP contribution in [-0.4, -0.2) is 59.3 Å². The maximum Gasteiger partial charge on any atom is 0.181 e. The van der Waals surface area contributed by atoms with E-state index in [0.29, 0.717) is 42.5 Å². The van der Waals surface area contributed by atoms with Gasteiger partial charge in [-0.15, -0.1) is 0 Å². The number of rotatable bonds is 11. The number of fused-ring (bicyclic) bond motifs is 2. The van der Waals surface area contributed by atoms with Gasteiger partial charge >= 0.3 is 0 Å². The summed E-state index contributed by atoms with van der Waals surface area (Å²) in [7, 11) is -11.9. The van der Waals surface area contributed by atoms with E-state index in [0.717, 1.165) is 52.1 Å². The molecule has 0 bridgehead atoms. The summed E-state index contributed by atoms with van der Waals surface area (Å²) in [6.07, 6.45) is 1.94. The predicted octanol–water partition coefficient (Wildman–Crippen LogP) is 8.85. The quantitative estimate of drug-likeness (QED) is 0.114. The lowest BCUT2D eigenvalue weighted by atomic mass is 9.86. The first-order valence-corrected chi connectivity index (χ1v) is 26.3. The average molecular weight is 901 g/mol. The number of aryl methyl sites for hydroxylation is 3. The second kappa shape index (κ2) is 16.6. The summed E-state index contributed by atoms with van der Waals surface area (Å²) in [4.78, 5) is 1.93. The summed E-state index contributed by atoms with van der Waals surface area (Å²) in [5.41, 5.74) is 3.64. The lowest BCUT2D eigenvalue weighted by molar-refractivity contribution is 0.219. The molecule has 0 spiro atoms. The summed E-state index contributed by atoms with van der Waals surface area (Å²) in [6, 6.07) is 33.8. The third-order valence-electron chi connectivity index (χ3n) is 10.6. The fourth-order valence-corrected chi connectivity index (χ4v) is 13.1. The molecule has 0 aliphatic carbocycles. The second-order valence-electron chi connectivity index (χ2n) is 15.4. The lowest BCUT2D eigenvalue weighted by Gasteiger charge is -2.30. The first-order chi connectivity index (χ1) is 28.1. The SMILES string of the molecule is Cc1cc(C)c(C(O)c2cc3c(cc2-c2ccccc2)C(S(C)(=O)=O)c2ccc(Sc4cc(C(O)S(C)(=O)=O)c(-c5ccccc5)cc4C(O)S(C)(=O)=O)cc2S3)c(C)c1. The fraction of sp³-hybridized carbons (Fsp3) is 0.217. The smallest absolute Gasteiger partial charge is 0.181 e. The van der Waals surface area contributed by atoms with Gasteiger partial charge in [-0.3, -0.25) is 0 Å². The van der Waals surface area contributed by atoms with Gasteiger partial charge in [-0.1, -0.05) is 108 Å². The molecule has 6 aromatic carbocycles. The Labute approximate surface area is 360 Å². The van der Waals surface area contributed by atoms with Crippen molar-refractivity contribution in [2.24, 2.45) is 0 Å². The molecule has 1 aliphatic heterocycles. The Bertz CT molecular complexity index is 2960. The molecular weight excluding hydrogens is 857 g/mol. The predicted molar refractivity (Wildman–Crippen MR) is 239 cm³/mol. The van der Waals surface area contributed by atoms with Crippen LogP contribution in [0.2, 0.25) is 0 Å². The molecule has 4 unspecified atom stereocenters. The van der Waals surface area contributed by atoms with Crippen molar-refractivity contribution in [2.45, 2.75) is 62.6 Å². The zero-order valence-electron chi connectivity index (χ0n) is 33.6. The lowest BCUT2D eigenvalue weighted by Crippen LogP contribution is -2.18. The Morgan fingerprint density at radius 1 is 0.567 bits per heavy atom.